The molecular formula is C20H26N2O3S. The summed E-state index contributed by atoms with van der Waals surface area (Å²) in [5, 5.41) is 11.0. The van der Waals surface area contributed by atoms with Crippen LogP contribution in [0, 0.1) is 12.3 Å². The average molecular weight is 375 g/mol. The molecule has 0 spiro atoms. The summed E-state index contributed by atoms with van der Waals surface area (Å²) < 4.78 is 0. The Bertz CT molecular complexity index is 796. The number of nitrogens with one attached hydrogen (secondary N) is 1. The fourth-order valence-corrected chi connectivity index (χ4v) is 4.49. The molecule has 140 valence electrons. The molecule has 5 nitrogen and oxygen atoms in total. The lowest BCUT2D eigenvalue weighted by Gasteiger charge is -2.29. The van der Waals surface area contributed by atoms with Gasteiger partial charge in [-0.25, -0.2) is 0 Å². The standard InChI is InChI=1S/C19H24N2OS.CH2O2/c1-12-15-10-19(2,3)9-8-16(15)23-18(12)21-17(22)14-7-5-4-6-13(14)11-20;2-1-3/h4-7H,8-11,20H2,1-3H3,(H,21,22);1H,(H,2,3). The third-order valence-corrected chi connectivity index (χ3v) is 6.06. The normalized spacial score (nSPS) is 14.6. The Kier molecular flexibility index (Phi) is 6.56. The predicted molar refractivity (Wildman–Crippen MR) is 106 cm³/mol. The number of fused-ring (bicyclic) bond motifs is 1. The Morgan fingerprint density at radius 1 is 1.38 bits per heavy atom. The SMILES string of the molecule is Cc1c(NC(=O)c2ccccc2CN)sc2c1CC(C)(C)CC2.O=CO. The summed E-state index contributed by atoms with van der Waals surface area (Å²) in [6, 6.07) is 7.53. The van der Waals surface area contributed by atoms with Crippen molar-refractivity contribution in [2.24, 2.45) is 11.1 Å². The molecule has 6 heteroatoms. The number of carboxylic acid groups (broad SMARTS) is 1. The molecule has 0 atom stereocenters. The lowest BCUT2D eigenvalue weighted by atomic mass is 9.76. The Hall–Kier alpha value is -2.18. The van der Waals surface area contributed by atoms with Gasteiger partial charge < -0.3 is 16.2 Å². The molecule has 0 saturated heterocycles. The first-order valence-electron chi connectivity index (χ1n) is 8.61. The molecule has 1 heterocycles. The zero-order chi connectivity index (χ0) is 19.3. The minimum Gasteiger partial charge on any atom is -0.483 e. The zero-order valence-electron chi connectivity index (χ0n) is 15.5. The van der Waals surface area contributed by atoms with Crippen LogP contribution in [0.25, 0.3) is 0 Å². The second-order valence-corrected chi connectivity index (χ2v) is 8.32. The van der Waals surface area contributed by atoms with Gasteiger partial charge in [0.25, 0.3) is 12.4 Å². The van der Waals surface area contributed by atoms with E-state index in [2.05, 4.69) is 26.1 Å². The van der Waals surface area contributed by atoms with Gasteiger partial charge in [-0.15, -0.1) is 11.3 Å². The molecule has 26 heavy (non-hydrogen) atoms. The number of nitrogens with two attached hydrogens (primary N) is 1. The molecule has 0 unspecified atom stereocenters. The van der Waals surface area contributed by atoms with Crippen molar-refractivity contribution in [3.8, 4) is 0 Å². The fraction of sp³-hybridized carbons (Fsp3) is 0.400. The Morgan fingerprint density at radius 3 is 2.69 bits per heavy atom. The molecule has 0 bridgehead atoms. The van der Waals surface area contributed by atoms with Crippen molar-refractivity contribution in [1.82, 2.24) is 0 Å². The molecule has 3 rings (SSSR count). The van der Waals surface area contributed by atoms with E-state index in [1.807, 2.05) is 24.3 Å². The summed E-state index contributed by atoms with van der Waals surface area (Å²) in [5.41, 5.74) is 10.3. The van der Waals surface area contributed by atoms with Crippen LogP contribution in [0.2, 0.25) is 0 Å². The number of anilines is 1. The van der Waals surface area contributed by atoms with E-state index < -0.39 is 0 Å². The summed E-state index contributed by atoms with van der Waals surface area (Å²) in [4.78, 5) is 22.4. The van der Waals surface area contributed by atoms with Gasteiger partial charge in [0.15, 0.2) is 0 Å². The van der Waals surface area contributed by atoms with Crippen LogP contribution in [0.4, 0.5) is 5.00 Å². The number of hydrogen-bond donors (Lipinski definition) is 3. The van der Waals surface area contributed by atoms with Crippen LogP contribution in [0.3, 0.4) is 0 Å². The topological polar surface area (TPSA) is 92.4 Å². The van der Waals surface area contributed by atoms with Gasteiger partial charge in [0, 0.05) is 17.0 Å². The van der Waals surface area contributed by atoms with Gasteiger partial charge in [-0.2, -0.15) is 0 Å². The van der Waals surface area contributed by atoms with Crippen LogP contribution in [0.5, 0.6) is 0 Å². The average Bonchev–Trinajstić information content (AvgIpc) is 2.90. The molecule has 1 aromatic heterocycles. The number of carbonyl (C=O) groups is 2. The molecule has 1 amide bonds. The van der Waals surface area contributed by atoms with Crippen molar-refractivity contribution in [1.29, 1.82) is 0 Å². The largest absolute Gasteiger partial charge is 0.483 e. The van der Waals surface area contributed by atoms with E-state index in [9.17, 15) is 4.79 Å². The number of rotatable bonds is 3. The molecule has 1 aromatic carbocycles. The van der Waals surface area contributed by atoms with Crippen molar-refractivity contribution in [3.63, 3.8) is 0 Å². The molecule has 2 aromatic rings. The second-order valence-electron chi connectivity index (χ2n) is 7.22. The zero-order valence-corrected chi connectivity index (χ0v) is 16.3. The summed E-state index contributed by atoms with van der Waals surface area (Å²) in [5.74, 6) is -0.0630. The molecule has 4 N–H and O–H groups in total. The van der Waals surface area contributed by atoms with Crippen molar-refractivity contribution < 1.29 is 14.7 Å². The highest BCUT2D eigenvalue weighted by Gasteiger charge is 2.29. The monoisotopic (exact) mass is 374 g/mol. The van der Waals surface area contributed by atoms with Gasteiger partial charge >= 0.3 is 0 Å². The number of aryl methyl sites for hydroxylation is 1. The van der Waals surface area contributed by atoms with Crippen LogP contribution in [-0.2, 0) is 24.2 Å². The maximum atomic E-state index is 12.6. The highest BCUT2D eigenvalue weighted by molar-refractivity contribution is 7.16. The van der Waals surface area contributed by atoms with Crippen molar-refractivity contribution in [2.45, 2.75) is 46.6 Å². The number of amides is 1. The smallest absolute Gasteiger partial charge is 0.290 e. The number of thiophene rings is 1. The molecule has 0 aliphatic heterocycles. The van der Waals surface area contributed by atoms with E-state index in [1.54, 1.807) is 11.3 Å². The first kappa shape index (κ1) is 20.1. The summed E-state index contributed by atoms with van der Waals surface area (Å²) in [6.45, 7) is 6.89. The maximum Gasteiger partial charge on any atom is 0.290 e. The molecule has 0 fully saturated rings. The quantitative estimate of drug-likeness (QED) is 0.709. The third-order valence-electron chi connectivity index (χ3n) is 4.75. The van der Waals surface area contributed by atoms with Gasteiger partial charge in [-0.05, 0) is 54.4 Å². The maximum absolute atomic E-state index is 12.6. The van der Waals surface area contributed by atoms with Crippen LogP contribution in [-0.4, -0.2) is 17.5 Å². The Morgan fingerprint density at radius 2 is 2.04 bits per heavy atom. The summed E-state index contributed by atoms with van der Waals surface area (Å²) in [7, 11) is 0. The van der Waals surface area contributed by atoms with Gasteiger partial charge in [-0.1, -0.05) is 32.0 Å². The van der Waals surface area contributed by atoms with E-state index in [1.165, 1.54) is 22.4 Å². The van der Waals surface area contributed by atoms with Gasteiger partial charge in [0.2, 0.25) is 0 Å². The number of carbonyl (C=O) groups excluding carboxylic acids is 1. The molecule has 0 radical (unpaired) electrons. The number of benzene rings is 1. The third kappa shape index (κ3) is 4.51. The van der Waals surface area contributed by atoms with Crippen molar-refractivity contribution in [2.75, 3.05) is 5.32 Å². The summed E-state index contributed by atoms with van der Waals surface area (Å²) in [6.07, 6.45) is 3.42. The van der Waals surface area contributed by atoms with Crippen LogP contribution in [0.15, 0.2) is 24.3 Å². The molecule has 1 aliphatic rings. The summed E-state index contributed by atoms with van der Waals surface area (Å²) >= 11 is 1.74. The van der Waals surface area contributed by atoms with Crippen LogP contribution in [0.1, 0.15) is 52.2 Å². The first-order valence-corrected chi connectivity index (χ1v) is 9.43. The van der Waals surface area contributed by atoms with E-state index in [4.69, 9.17) is 15.6 Å². The second kappa shape index (κ2) is 8.47. The van der Waals surface area contributed by atoms with Crippen LogP contribution >= 0.6 is 11.3 Å². The Labute approximate surface area is 158 Å². The predicted octanol–water partition coefficient (Wildman–Crippen LogP) is 3.98. The lowest BCUT2D eigenvalue weighted by molar-refractivity contribution is -0.122. The highest BCUT2D eigenvalue weighted by atomic mass is 32.1. The van der Waals surface area contributed by atoms with Gasteiger partial charge in [0.05, 0.1) is 5.00 Å². The highest BCUT2D eigenvalue weighted by Crippen LogP contribution is 2.43. The minimum atomic E-state index is -0.250. The molecule has 0 saturated carbocycles. The van der Waals surface area contributed by atoms with Gasteiger partial charge in [0.1, 0.15) is 0 Å². The van der Waals surface area contributed by atoms with Crippen molar-refractivity contribution in [3.05, 3.63) is 51.4 Å². The molecular weight excluding hydrogens is 348 g/mol. The van der Waals surface area contributed by atoms with E-state index in [0.717, 1.165) is 23.4 Å². The number of hydrogen-bond acceptors (Lipinski definition) is 4. The van der Waals surface area contributed by atoms with E-state index >= 15 is 0 Å². The van der Waals surface area contributed by atoms with Gasteiger partial charge in [-0.3, -0.25) is 9.59 Å². The minimum absolute atomic E-state index is 0.0630. The molecule has 1 aliphatic carbocycles. The lowest BCUT2D eigenvalue weighted by Crippen LogP contribution is -2.21. The van der Waals surface area contributed by atoms with E-state index in [0.29, 0.717) is 17.5 Å². The van der Waals surface area contributed by atoms with Crippen LogP contribution < -0.4 is 11.1 Å². The van der Waals surface area contributed by atoms with Crippen molar-refractivity contribution >= 4 is 28.7 Å². The Balaban J connectivity index is 0.000000758. The first-order chi connectivity index (χ1) is 12.3. The fourth-order valence-electron chi connectivity index (χ4n) is 3.27. The van der Waals surface area contributed by atoms with E-state index in [-0.39, 0.29) is 12.4 Å².